The molecule has 3 heterocycles. The lowest BCUT2D eigenvalue weighted by atomic mass is 10.00. The topological polar surface area (TPSA) is 63.9 Å². The molecule has 0 atom stereocenters. The second-order valence-electron chi connectivity index (χ2n) is 6.76. The molecule has 1 aliphatic heterocycles. The zero-order valence-corrected chi connectivity index (χ0v) is 13.4. The third-order valence-corrected chi connectivity index (χ3v) is 4.54. The quantitative estimate of drug-likeness (QED) is 0.834. The second kappa shape index (κ2) is 5.85. The van der Waals surface area contributed by atoms with Crippen LogP contribution in [0.5, 0.6) is 0 Å². The number of rotatable bonds is 5. The summed E-state index contributed by atoms with van der Waals surface area (Å²) in [5.41, 5.74) is 3.05. The molecule has 2 aromatic heterocycles. The predicted octanol–water partition coefficient (Wildman–Crippen LogP) is 1.35. The molecule has 2 fully saturated rings. The Morgan fingerprint density at radius 1 is 1.22 bits per heavy atom. The fourth-order valence-corrected chi connectivity index (χ4v) is 3.18. The summed E-state index contributed by atoms with van der Waals surface area (Å²) in [7, 11) is 0. The van der Waals surface area contributed by atoms with Gasteiger partial charge in [0.05, 0.1) is 23.6 Å². The van der Waals surface area contributed by atoms with Crippen molar-refractivity contribution < 1.29 is 0 Å². The first kappa shape index (κ1) is 14.5. The first-order valence-corrected chi connectivity index (χ1v) is 8.25. The highest BCUT2D eigenvalue weighted by atomic mass is 16.1. The molecular formula is C17H21N5O. The van der Waals surface area contributed by atoms with Crippen LogP contribution < -0.4 is 5.56 Å². The SMILES string of the molecule is Cc1cncc(CN2CC(Cn3nc(C4CC4)ccc3=O)C2)n1. The number of hydrogen-bond acceptors (Lipinski definition) is 5. The number of likely N-dealkylation sites (tertiary alicyclic amines) is 1. The third kappa shape index (κ3) is 3.32. The van der Waals surface area contributed by atoms with Gasteiger partial charge in [0.25, 0.3) is 5.56 Å². The molecule has 0 aromatic carbocycles. The van der Waals surface area contributed by atoms with Crippen molar-refractivity contribution in [1.29, 1.82) is 0 Å². The number of aryl methyl sites for hydroxylation is 1. The molecule has 1 saturated carbocycles. The van der Waals surface area contributed by atoms with E-state index in [-0.39, 0.29) is 5.56 Å². The van der Waals surface area contributed by atoms with Crippen LogP contribution in [0, 0.1) is 12.8 Å². The van der Waals surface area contributed by atoms with Gasteiger partial charge in [0.2, 0.25) is 0 Å². The van der Waals surface area contributed by atoms with E-state index in [1.807, 2.05) is 19.2 Å². The molecular weight excluding hydrogens is 290 g/mol. The number of aromatic nitrogens is 4. The van der Waals surface area contributed by atoms with Crippen LogP contribution in [0.3, 0.4) is 0 Å². The Morgan fingerprint density at radius 3 is 2.78 bits per heavy atom. The number of nitrogens with zero attached hydrogens (tertiary/aromatic N) is 5. The highest BCUT2D eigenvalue weighted by Crippen LogP contribution is 2.38. The lowest BCUT2D eigenvalue weighted by Crippen LogP contribution is -2.49. The predicted molar refractivity (Wildman–Crippen MR) is 86.0 cm³/mol. The Kier molecular flexibility index (Phi) is 3.69. The molecule has 2 aliphatic rings. The van der Waals surface area contributed by atoms with E-state index in [2.05, 4.69) is 20.0 Å². The summed E-state index contributed by atoms with van der Waals surface area (Å²) in [6, 6.07) is 3.55. The second-order valence-corrected chi connectivity index (χ2v) is 6.76. The first-order valence-electron chi connectivity index (χ1n) is 8.25. The maximum absolute atomic E-state index is 12.0. The third-order valence-electron chi connectivity index (χ3n) is 4.54. The molecule has 1 aliphatic carbocycles. The maximum atomic E-state index is 12.0. The van der Waals surface area contributed by atoms with Gasteiger partial charge in [-0.2, -0.15) is 5.10 Å². The van der Waals surface area contributed by atoms with Crippen LogP contribution in [0.1, 0.15) is 35.8 Å². The van der Waals surface area contributed by atoms with Gasteiger partial charge in [-0.05, 0) is 25.8 Å². The van der Waals surface area contributed by atoms with Crippen molar-refractivity contribution in [1.82, 2.24) is 24.6 Å². The molecule has 0 unspecified atom stereocenters. The molecule has 0 radical (unpaired) electrons. The Hall–Kier alpha value is -2.08. The Bertz CT molecular complexity index is 762. The van der Waals surface area contributed by atoms with Gasteiger partial charge in [-0.15, -0.1) is 0 Å². The van der Waals surface area contributed by atoms with E-state index in [4.69, 9.17) is 0 Å². The summed E-state index contributed by atoms with van der Waals surface area (Å²) < 4.78 is 1.65. The average molecular weight is 311 g/mol. The zero-order valence-electron chi connectivity index (χ0n) is 13.4. The van der Waals surface area contributed by atoms with Crippen molar-refractivity contribution >= 4 is 0 Å². The summed E-state index contributed by atoms with van der Waals surface area (Å²) in [4.78, 5) is 23.0. The molecule has 0 bridgehead atoms. The highest BCUT2D eigenvalue weighted by Gasteiger charge is 2.29. The van der Waals surface area contributed by atoms with Crippen LogP contribution in [-0.4, -0.2) is 37.7 Å². The van der Waals surface area contributed by atoms with Crippen LogP contribution in [0.15, 0.2) is 29.3 Å². The molecule has 6 nitrogen and oxygen atoms in total. The highest BCUT2D eigenvalue weighted by molar-refractivity contribution is 5.12. The normalized spacial score (nSPS) is 18.8. The van der Waals surface area contributed by atoms with Crippen LogP contribution >= 0.6 is 0 Å². The van der Waals surface area contributed by atoms with E-state index in [0.29, 0.717) is 11.8 Å². The molecule has 6 heteroatoms. The summed E-state index contributed by atoms with van der Waals surface area (Å²) in [5, 5.41) is 4.54. The minimum atomic E-state index is 0.0115. The van der Waals surface area contributed by atoms with Crippen LogP contribution in [0.4, 0.5) is 0 Å². The lowest BCUT2D eigenvalue weighted by Gasteiger charge is -2.39. The van der Waals surface area contributed by atoms with Gasteiger partial charge in [-0.3, -0.25) is 19.7 Å². The molecule has 1 saturated heterocycles. The summed E-state index contributed by atoms with van der Waals surface area (Å²) >= 11 is 0. The monoisotopic (exact) mass is 311 g/mol. The van der Waals surface area contributed by atoms with E-state index in [1.54, 1.807) is 16.9 Å². The van der Waals surface area contributed by atoms with Crippen molar-refractivity contribution in [2.24, 2.45) is 5.92 Å². The van der Waals surface area contributed by atoms with E-state index >= 15 is 0 Å². The summed E-state index contributed by atoms with van der Waals surface area (Å²) in [6.07, 6.45) is 6.01. The minimum Gasteiger partial charge on any atom is -0.297 e. The van der Waals surface area contributed by atoms with Gasteiger partial charge >= 0.3 is 0 Å². The molecule has 23 heavy (non-hydrogen) atoms. The molecule has 0 amide bonds. The van der Waals surface area contributed by atoms with Gasteiger partial charge in [0.15, 0.2) is 0 Å². The number of hydrogen-bond donors (Lipinski definition) is 0. The molecule has 120 valence electrons. The van der Waals surface area contributed by atoms with E-state index < -0.39 is 0 Å². The smallest absolute Gasteiger partial charge is 0.266 e. The minimum absolute atomic E-state index is 0.0115. The fraction of sp³-hybridized carbons (Fsp3) is 0.529. The lowest BCUT2D eigenvalue weighted by molar-refractivity contribution is 0.0751. The largest absolute Gasteiger partial charge is 0.297 e. The Labute approximate surface area is 135 Å². The van der Waals surface area contributed by atoms with Gasteiger partial charge in [0, 0.05) is 49.9 Å². The van der Waals surface area contributed by atoms with E-state index in [1.165, 1.54) is 12.8 Å². The van der Waals surface area contributed by atoms with Crippen molar-refractivity contribution in [3.8, 4) is 0 Å². The van der Waals surface area contributed by atoms with Crippen molar-refractivity contribution in [3.63, 3.8) is 0 Å². The summed E-state index contributed by atoms with van der Waals surface area (Å²) in [6.45, 7) is 5.47. The van der Waals surface area contributed by atoms with Crippen LogP contribution in [0.2, 0.25) is 0 Å². The van der Waals surface area contributed by atoms with Crippen LogP contribution in [0.25, 0.3) is 0 Å². The van der Waals surface area contributed by atoms with Crippen molar-refractivity contribution in [3.05, 3.63) is 52.0 Å². The van der Waals surface area contributed by atoms with E-state index in [0.717, 1.165) is 43.3 Å². The zero-order chi connectivity index (χ0) is 15.8. The van der Waals surface area contributed by atoms with Gasteiger partial charge in [0.1, 0.15) is 0 Å². The molecule has 2 aromatic rings. The van der Waals surface area contributed by atoms with Crippen molar-refractivity contribution in [2.45, 2.75) is 38.8 Å². The van der Waals surface area contributed by atoms with Gasteiger partial charge in [-0.25, -0.2) is 4.68 Å². The van der Waals surface area contributed by atoms with Crippen molar-refractivity contribution in [2.75, 3.05) is 13.1 Å². The molecule has 0 spiro atoms. The standard InChI is InChI=1S/C17H21N5O/c1-12-6-18-7-15(19-12)11-21-8-13(9-21)10-22-17(23)5-4-16(20-22)14-2-3-14/h4-7,13-14H,2-3,8-11H2,1H3. The average Bonchev–Trinajstić information content (AvgIpc) is 3.32. The first-order chi connectivity index (χ1) is 11.2. The maximum Gasteiger partial charge on any atom is 0.266 e. The summed E-state index contributed by atoms with van der Waals surface area (Å²) in [5.74, 6) is 1.08. The van der Waals surface area contributed by atoms with E-state index in [9.17, 15) is 4.79 Å². The van der Waals surface area contributed by atoms with Gasteiger partial charge in [-0.1, -0.05) is 0 Å². The van der Waals surface area contributed by atoms with Gasteiger partial charge < -0.3 is 0 Å². The fourth-order valence-electron chi connectivity index (χ4n) is 3.18. The molecule has 0 N–H and O–H groups in total. The van der Waals surface area contributed by atoms with Crippen LogP contribution in [-0.2, 0) is 13.1 Å². The molecule has 4 rings (SSSR count). The Balaban J connectivity index is 1.34. The Morgan fingerprint density at radius 2 is 2.04 bits per heavy atom.